The highest BCUT2D eigenvalue weighted by Gasteiger charge is 2.35. The third kappa shape index (κ3) is 7.62. The van der Waals surface area contributed by atoms with E-state index in [9.17, 15) is 0 Å². The van der Waals surface area contributed by atoms with Gasteiger partial charge in [-0.25, -0.2) is 0 Å². The van der Waals surface area contributed by atoms with Crippen molar-refractivity contribution in [3.05, 3.63) is 228 Å². The Morgan fingerprint density at radius 2 is 1.17 bits per heavy atom. The van der Waals surface area contributed by atoms with Crippen LogP contribution in [0, 0.1) is 0 Å². The number of hydrogen-bond donors (Lipinski definition) is 3. The normalized spacial score (nSPS) is 18.2. The van der Waals surface area contributed by atoms with E-state index in [2.05, 4.69) is 211 Å². The minimum Gasteiger partial charge on any atom is -0.398 e. The molecule has 0 amide bonds. The van der Waals surface area contributed by atoms with E-state index in [0.29, 0.717) is 0 Å². The van der Waals surface area contributed by atoms with Crippen molar-refractivity contribution in [2.24, 2.45) is 5.73 Å². The second-order valence-corrected chi connectivity index (χ2v) is 13.7. The number of fused-ring (bicyclic) bond motifs is 1. The first-order valence-electron chi connectivity index (χ1n) is 18.3. The fraction of sp³-hybridized carbons (Fsp3) is 0.102. The molecule has 1 aliphatic rings. The topological polar surface area (TPSA) is 53.3 Å². The van der Waals surface area contributed by atoms with E-state index in [-0.39, 0.29) is 18.5 Å². The SMILES string of the molecule is CN1C(c2ccccc2)NC(c2ccccc2)NC1c1cc(-c2ccc(/C(N)=C/C(=C\Cc3ccccc3)c3ccccc3)cc2)cc2ccccc12. The molecule has 8 rings (SSSR count). The molecule has 0 saturated carbocycles. The Morgan fingerprint density at radius 3 is 1.87 bits per heavy atom. The van der Waals surface area contributed by atoms with Crippen LogP contribution >= 0.6 is 0 Å². The zero-order chi connectivity index (χ0) is 36.0. The van der Waals surface area contributed by atoms with Gasteiger partial charge in [0.1, 0.15) is 0 Å². The molecule has 4 N–H and O–H groups in total. The molecule has 4 heteroatoms. The van der Waals surface area contributed by atoms with Crippen molar-refractivity contribution in [1.82, 2.24) is 15.5 Å². The molecule has 1 fully saturated rings. The van der Waals surface area contributed by atoms with Gasteiger partial charge in [0.05, 0.1) is 18.5 Å². The van der Waals surface area contributed by atoms with Gasteiger partial charge in [0, 0.05) is 5.70 Å². The van der Waals surface area contributed by atoms with Crippen molar-refractivity contribution in [1.29, 1.82) is 0 Å². The Balaban J connectivity index is 1.14. The molecule has 7 aromatic rings. The summed E-state index contributed by atoms with van der Waals surface area (Å²) in [7, 11) is 2.20. The van der Waals surface area contributed by atoms with Gasteiger partial charge in [-0.2, -0.15) is 0 Å². The van der Waals surface area contributed by atoms with Gasteiger partial charge < -0.3 is 5.73 Å². The summed E-state index contributed by atoms with van der Waals surface area (Å²) in [5.41, 5.74) is 18.1. The van der Waals surface area contributed by atoms with Gasteiger partial charge in [0.2, 0.25) is 0 Å². The van der Waals surface area contributed by atoms with Crippen LogP contribution in [0.5, 0.6) is 0 Å². The summed E-state index contributed by atoms with van der Waals surface area (Å²) in [6.07, 6.45) is 5.10. The van der Waals surface area contributed by atoms with E-state index < -0.39 is 0 Å². The molecule has 3 atom stereocenters. The minimum atomic E-state index is -0.0616. The van der Waals surface area contributed by atoms with Gasteiger partial charge in [0.15, 0.2) is 0 Å². The molecule has 53 heavy (non-hydrogen) atoms. The van der Waals surface area contributed by atoms with Gasteiger partial charge in [-0.3, -0.25) is 15.5 Å². The van der Waals surface area contributed by atoms with Crippen LogP contribution in [0.15, 0.2) is 194 Å². The first kappa shape index (κ1) is 34.1. The van der Waals surface area contributed by atoms with Crippen molar-refractivity contribution in [2.45, 2.75) is 24.9 Å². The molecule has 3 unspecified atom stereocenters. The Bertz CT molecular complexity index is 2330. The summed E-state index contributed by atoms with van der Waals surface area (Å²) in [4.78, 5) is 2.41. The van der Waals surface area contributed by atoms with E-state index >= 15 is 0 Å². The van der Waals surface area contributed by atoms with Crippen LogP contribution in [0.25, 0.3) is 33.2 Å². The van der Waals surface area contributed by atoms with E-state index in [1.807, 2.05) is 6.07 Å². The number of nitrogens with one attached hydrogen (secondary N) is 2. The molecule has 7 aromatic carbocycles. The molecule has 260 valence electrons. The van der Waals surface area contributed by atoms with E-state index in [1.165, 1.54) is 38.6 Å². The van der Waals surface area contributed by atoms with E-state index in [1.54, 1.807) is 0 Å². The maximum atomic E-state index is 6.82. The van der Waals surface area contributed by atoms with Crippen molar-refractivity contribution in [2.75, 3.05) is 7.05 Å². The monoisotopic (exact) mass is 688 g/mol. The predicted molar refractivity (Wildman–Crippen MR) is 221 cm³/mol. The number of nitrogens with zero attached hydrogens (tertiary/aromatic N) is 1. The molecule has 4 nitrogen and oxygen atoms in total. The zero-order valence-electron chi connectivity index (χ0n) is 29.9. The van der Waals surface area contributed by atoms with Crippen LogP contribution in [0.2, 0.25) is 0 Å². The molecule has 0 spiro atoms. The fourth-order valence-electron chi connectivity index (χ4n) is 7.43. The van der Waals surface area contributed by atoms with Crippen LogP contribution in [0.3, 0.4) is 0 Å². The number of hydrogen-bond acceptors (Lipinski definition) is 4. The number of rotatable bonds is 9. The molecular weight excluding hydrogens is 645 g/mol. The van der Waals surface area contributed by atoms with Gasteiger partial charge in [-0.15, -0.1) is 0 Å². The molecule has 1 saturated heterocycles. The van der Waals surface area contributed by atoms with Crippen molar-refractivity contribution in [3.63, 3.8) is 0 Å². The van der Waals surface area contributed by atoms with Crippen molar-refractivity contribution < 1.29 is 0 Å². The largest absolute Gasteiger partial charge is 0.398 e. The lowest BCUT2D eigenvalue weighted by molar-refractivity contribution is 0.0424. The molecule has 1 heterocycles. The summed E-state index contributed by atoms with van der Waals surface area (Å²) >= 11 is 0. The highest BCUT2D eigenvalue weighted by atomic mass is 15.4. The minimum absolute atomic E-state index is 0.00615. The Labute approximate surface area is 312 Å². The molecular formula is C49H44N4. The quantitative estimate of drug-likeness (QED) is 0.132. The van der Waals surface area contributed by atoms with Crippen LogP contribution in [-0.4, -0.2) is 11.9 Å². The first-order chi connectivity index (χ1) is 26.1. The lowest BCUT2D eigenvalue weighted by atomic mass is 9.93. The van der Waals surface area contributed by atoms with Crippen molar-refractivity contribution >= 4 is 22.0 Å². The smallest absolute Gasteiger partial charge is 0.0894 e. The van der Waals surface area contributed by atoms with E-state index in [4.69, 9.17) is 5.73 Å². The summed E-state index contributed by atoms with van der Waals surface area (Å²) in [5, 5.41) is 10.3. The lowest BCUT2D eigenvalue weighted by Gasteiger charge is -2.46. The summed E-state index contributed by atoms with van der Waals surface area (Å²) in [5.74, 6) is 0. The second kappa shape index (κ2) is 15.7. The third-order valence-electron chi connectivity index (χ3n) is 10.3. The van der Waals surface area contributed by atoms with Crippen LogP contribution in [-0.2, 0) is 6.42 Å². The molecule has 0 aromatic heterocycles. The fourth-order valence-corrected chi connectivity index (χ4v) is 7.43. The van der Waals surface area contributed by atoms with Crippen LogP contribution in [0.4, 0.5) is 0 Å². The number of allylic oxidation sites excluding steroid dienone is 3. The molecule has 0 radical (unpaired) electrons. The third-order valence-corrected chi connectivity index (χ3v) is 10.3. The van der Waals surface area contributed by atoms with Gasteiger partial charge in [-0.1, -0.05) is 176 Å². The summed E-state index contributed by atoms with van der Waals surface area (Å²) in [6, 6.07) is 64.4. The second-order valence-electron chi connectivity index (χ2n) is 13.7. The maximum Gasteiger partial charge on any atom is 0.0894 e. The Morgan fingerprint density at radius 1 is 0.585 bits per heavy atom. The molecule has 0 bridgehead atoms. The first-order valence-corrected chi connectivity index (χ1v) is 18.3. The lowest BCUT2D eigenvalue weighted by Crippen LogP contribution is -2.54. The van der Waals surface area contributed by atoms with E-state index in [0.717, 1.165) is 34.4 Å². The maximum absolute atomic E-state index is 6.82. The number of nitrogens with two attached hydrogens (primary N) is 1. The molecule has 0 aliphatic carbocycles. The molecule has 1 aliphatic heterocycles. The standard InChI is InChI=1S/C49H44N4/c1-53-48(40-22-12-5-13-23-40)51-47(39-20-10-4-11-21-39)52-49(53)45-33-43(32-42-24-14-15-25-44(42)45)37-28-30-38(31-29-37)46(50)34-41(36-18-8-3-9-19-36)27-26-35-16-6-2-7-17-35/h2-25,27-34,47-49,51-52H,26,50H2,1H3/b41-27+,46-34-. The van der Waals surface area contributed by atoms with Crippen LogP contribution < -0.4 is 16.4 Å². The highest BCUT2D eigenvalue weighted by molar-refractivity contribution is 5.91. The Kier molecular flexibility index (Phi) is 10.1. The average molecular weight is 689 g/mol. The Hall–Kier alpha value is -6.04. The van der Waals surface area contributed by atoms with Crippen molar-refractivity contribution in [3.8, 4) is 11.1 Å². The highest BCUT2D eigenvalue weighted by Crippen LogP contribution is 2.39. The van der Waals surface area contributed by atoms with Gasteiger partial charge in [0.25, 0.3) is 0 Å². The average Bonchev–Trinajstić information content (AvgIpc) is 3.23. The summed E-state index contributed by atoms with van der Waals surface area (Å²) < 4.78 is 0. The zero-order valence-corrected chi connectivity index (χ0v) is 29.9. The predicted octanol–water partition coefficient (Wildman–Crippen LogP) is 10.7. The number of benzene rings is 7. The summed E-state index contributed by atoms with van der Waals surface area (Å²) in [6.45, 7) is 0. The van der Waals surface area contributed by atoms with Crippen LogP contribution in [0.1, 0.15) is 51.9 Å². The van der Waals surface area contributed by atoms with Gasteiger partial charge >= 0.3 is 0 Å². The van der Waals surface area contributed by atoms with Gasteiger partial charge in [-0.05, 0) is 92.5 Å².